The van der Waals surface area contributed by atoms with Crippen molar-refractivity contribution in [1.82, 2.24) is 0 Å². The Balaban J connectivity index is 2.10. The number of benzene rings is 2. The van der Waals surface area contributed by atoms with Crippen LogP contribution in [0.5, 0.6) is 5.75 Å². The predicted octanol–water partition coefficient (Wildman–Crippen LogP) is 2.44. The molecule has 0 aromatic heterocycles. The molecule has 0 spiro atoms. The van der Waals surface area contributed by atoms with Crippen LogP contribution in [0.15, 0.2) is 42.5 Å². The van der Waals surface area contributed by atoms with E-state index in [9.17, 15) is 8.78 Å². The number of ether oxygens (including phenoxy) is 1. The van der Waals surface area contributed by atoms with Gasteiger partial charge in [0, 0.05) is 23.5 Å². The molecule has 0 amide bonds. The Morgan fingerprint density at radius 1 is 1.35 bits per heavy atom. The topological polar surface area (TPSA) is 109 Å². The van der Waals surface area contributed by atoms with Crippen LogP contribution in [0.4, 0.5) is 8.78 Å². The Morgan fingerprint density at radius 3 is 2.81 bits per heavy atom. The van der Waals surface area contributed by atoms with Gasteiger partial charge in [-0.15, -0.1) is 0 Å². The summed E-state index contributed by atoms with van der Waals surface area (Å²) in [5.41, 5.74) is 11.6. The van der Waals surface area contributed by atoms with Gasteiger partial charge in [0.05, 0.1) is 30.0 Å². The van der Waals surface area contributed by atoms with E-state index in [-0.39, 0.29) is 24.3 Å². The molecule has 3 atom stereocenters. The fraction of sp³-hybridized carbons (Fsp3) is 0.263. The van der Waals surface area contributed by atoms with Gasteiger partial charge < -0.3 is 21.6 Å². The highest BCUT2D eigenvalue weighted by atomic mass is 19.1. The first-order chi connectivity index (χ1) is 12.4. The molecule has 134 valence electrons. The molecular formula is C19H18F2N4O. The van der Waals surface area contributed by atoms with Crippen LogP contribution in [-0.4, -0.2) is 18.4 Å². The predicted molar refractivity (Wildman–Crippen MR) is 92.7 cm³/mol. The third-order valence-electron chi connectivity index (χ3n) is 4.85. The first-order valence-electron chi connectivity index (χ1n) is 8.07. The maximum Gasteiger partial charge on any atom is 0.132 e. The first-order valence-corrected chi connectivity index (χ1v) is 8.07. The molecule has 7 heteroatoms. The summed E-state index contributed by atoms with van der Waals surface area (Å²) in [7, 11) is 0. The summed E-state index contributed by atoms with van der Waals surface area (Å²) >= 11 is 0. The molecule has 3 unspecified atom stereocenters. The summed E-state index contributed by atoms with van der Waals surface area (Å²) in [5.74, 6) is -1.43. The third kappa shape index (κ3) is 2.83. The second-order valence-electron chi connectivity index (χ2n) is 6.31. The highest BCUT2D eigenvalue weighted by Crippen LogP contribution is 2.42. The lowest BCUT2D eigenvalue weighted by Gasteiger charge is -2.45. The minimum absolute atomic E-state index is 0.0530. The second-order valence-corrected chi connectivity index (χ2v) is 6.31. The largest absolute Gasteiger partial charge is 0.493 e. The van der Waals surface area contributed by atoms with Gasteiger partial charge in [-0.1, -0.05) is 18.2 Å². The van der Waals surface area contributed by atoms with E-state index in [0.29, 0.717) is 11.3 Å². The highest BCUT2D eigenvalue weighted by molar-refractivity contribution is 6.03. The van der Waals surface area contributed by atoms with Gasteiger partial charge in [0.2, 0.25) is 0 Å². The molecule has 0 aliphatic carbocycles. The van der Waals surface area contributed by atoms with Gasteiger partial charge >= 0.3 is 0 Å². The smallest absolute Gasteiger partial charge is 0.132 e. The fourth-order valence-corrected chi connectivity index (χ4v) is 3.37. The Kier molecular flexibility index (Phi) is 4.72. The van der Waals surface area contributed by atoms with Crippen molar-refractivity contribution in [1.29, 1.82) is 10.7 Å². The van der Waals surface area contributed by atoms with E-state index < -0.39 is 29.1 Å². The minimum Gasteiger partial charge on any atom is -0.493 e. The van der Waals surface area contributed by atoms with Crippen molar-refractivity contribution >= 4 is 5.71 Å². The molecule has 0 saturated heterocycles. The van der Waals surface area contributed by atoms with Crippen molar-refractivity contribution in [3.8, 4) is 11.8 Å². The summed E-state index contributed by atoms with van der Waals surface area (Å²) in [6, 6.07) is 10.7. The van der Waals surface area contributed by atoms with E-state index in [1.807, 2.05) is 0 Å². The van der Waals surface area contributed by atoms with Gasteiger partial charge in [-0.3, -0.25) is 0 Å². The van der Waals surface area contributed by atoms with Gasteiger partial charge in [-0.25, -0.2) is 8.78 Å². The number of nitrogens with zero attached hydrogens (tertiary/aromatic N) is 1. The van der Waals surface area contributed by atoms with Crippen molar-refractivity contribution < 1.29 is 13.5 Å². The molecule has 0 saturated carbocycles. The van der Waals surface area contributed by atoms with Crippen LogP contribution >= 0.6 is 0 Å². The number of fused-ring (bicyclic) bond motifs is 1. The number of hydrogen-bond acceptors (Lipinski definition) is 5. The van der Waals surface area contributed by atoms with Gasteiger partial charge in [0.1, 0.15) is 17.4 Å². The molecule has 2 aromatic carbocycles. The Morgan fingerprint density at radius 2 is 2.08 bits per heavy atom. The van der Waals surface area contributed by atoms with Crippen molar-refractivity contribution in [3.05, 3.63) is 65.2 Å². The number of nitrogens with two attached hydrogens (primary N) is 2. The standard InChI is InChI=1S/C19H18F2N4O/c20-12-5-6-15(21)13(9-12)17(23)18(24)19(25)11(7-8-22)10-26-16-4-2-1-3-14(16)19/h1-6,9,11,18,23H,7,10,24-25H2. The first kappa shape index (κ1) is 18.0. The number of rotatable bonds is 4. The lowest BCUT2D eigenvalue weighted by Crippen LogP contribution is -2.63. The lowest BCUT2D eigenvalue weighted by atomic mass is 9.69. The molecule has 1 aliphatic heterocycles. The van der Waals surface area contributed by atoms with Crippen LogP contribution in [-0.2, 0) is 5.54 Å². The zero-order valence-corrected chi connectivity index (χ0v) is 13.9. The maximum absolute atomic E-state index is 14.1. The van der Waals surface area contributed by atoms with Crippen LogP contribution in [0.25, 0.3) is 0 Å². The summed E-state index contributed by atoms with van der Waals surface area (Å²) in [4.78, 5) is 0. The molecule has 5 nitrogen and oxygen atoms in total. The third-order valence-corrected chi connectivity index (χ3v) is 4.85. The summed E-state index contributed by atoms with van der Waals surface area (Å²) in [5, 5.41) is 17.5. The lowest BCUT2D eigenvalue weighted by molar-refractivity contribution is 0.127. The maximum atomic E-state index is 14.1. The van der Waals surface area contributed by atoms with Crippen LogP contribution in [0.2, 0.25) is 0 Å². The van der Waals surface area contributed by atoms with Crippen molar-refractivity contribution in [3.63, 3.8) is 0 Å². The molecule has 0 fully saturated rings. The van der Waals surface area contributed by atoms with Crippen molar-refractivity contribution in [2.24, 2.45) is 17.4 Å². The molecule has 5 N–H and O–H groups in total. The molecule has 26 heavy (non-hydrogen) atoms. The Hall–Kier alpha value is -2.82. The number of para-hydroxylation sites is 1. The van der Waals surface area contributed by atoms with E-state index in [2.05, 4.69) is 6.07 Å². The summed E-state index contributed by atoms with van der Waals surface area (Å²) < 4.78 is 33.4. The van der Waals surface area contributed by atoms with Gasteiger partial charge in [-0.2, -0.15) is 5.26 Å². The van der Waals surface area contributed by atoms with E-state index in [4.69, 9.17) is 26.9 Å². The molecule has 1 aliphatic rings. The van der Waals surface area contributed by atoms with Crippen molar-refractivity contribution in [2.45, 2.75) is 18.0 Å². The normalized spacial score (nSPS) is 22.7. The number of nitrogens with one attached hydrogen (secondary N) is 1. The van der Waals surface area contributed by atoms with Crippen LogP contribution in [0, 0.1) is 34.3 Å². The highest BCUT2D eigenvalue weighted by Gasteiger charge is 2.48. The van der Waals surface area contributed by atoms with E-state index in [1.54, 1.807) is 24.3 Å². The molecule has 2 aromatic rings. The number of hydrogen-bond donors (Lipinski definition) is 3. The van der Waals surface area contributed by atoms with Gasteiger partial charge in [0.25, 0.3) is 0 Å². The minimum atomic E-state index is -1.33. The summed E-state index contributed by atoms with van der Waals surface area (Å²) in [6.07, 6.45) is 0.0530. The molecule has 0 radical (unpaired) electrons. The van der Waals surface area contributed by atoms with Gasteiger partial charge in [-0.05, 0) is 24.3 Å². The fourth-order valence-electron chi connectivity index (χ4n) is 3.37. The average molecular weight is 356 g/mol. The Bertz CT molecular complexity index is 895. The van der Waals surface area contributed by atoms with Crippen LogP contribution < -0.4 is 16.2 Å². The molecular weight excluding hydrogens is 338 g/mol. The van der Waals surface area contributed by atoms with E-state index >= 15 is 0 Å². The Labute approximate surface area is 149 Å². The SMILES string of the molecule is N#CCC1COc2ccccc2C1(N)C(N)C(=N)c1cc(F)ccc1F. The quantitative estimate of drug-likeness (QED) is 0.731. The number of nitriles is 1. The van der Waals surface area contributed by atoms with Gasteiger partial charge in [0.15, 0.2) is 0 Å². The summed E-state index contributed by atoms with van der Waals surface area (Å²) in [6.45, 7) is 0.147. The monoisotopic (exact) mass is 356 g/mol. The zero-order valence-electron chi connectivity index (χ0n) is 13.9. The molecule has 1 heterocycles. The zero-order chi connectivity index (χ0) is 18.9. The molecule has 0 bridgehead atoms. The average Bonchev–Trinajstić information content (AvgIpc) is 2.65. The van der Waals surface area contributed by atoms with Crippen LogP contribution in [0.3, 0.4) is 0 Å². The van der Waals surface area contributed by atoms with E-state index in [1.165, 1.54) is 0 Å². The van der Waals surface area contributed by atoms with Crippen LogP contribution in [0.1, 0.15) is 17.5 Å². The number of halogens is 2. The van der Waals surface area contributed by atoms with Crippen molar-refractivity contribution in [2.75, 3.05) is 6.61 Å². The molecule has 3 rings (SSSR count). The van der Waals surface area contributed by atoms with E-state index in [0.717, 1.165) is 18.2 Å². The second kappa shape index (κ2) is 6.83.